The van der Waals surface area contributed by atoms with E-state index >= 15 is 0 Å². The predicted octanol–water partition coefficient (Wildman–Crippen LogP) is 2.98. The zero-order chi connectivity index (χ0) is 15.6. The molecule has 7 heteroatoms. The molecule has 1 amide bonds. The van der Waals surface area contributed by atoms with Crippen molar-refractivity contribution < 1.29 is 23.0 Å². The van der Waals surface area contributed by atoms with Gasteiger partial charge in [-0.3, -0.25) is 4.79 Å². The molecule has 0 saturated carbocycles. The Balaban J connectivity index is 1.60. The molecule has 2 fully saturated rings. The number of hydrogen-bond donors (Lipinski definition) is 0. The molecule has 0 atom stereocenters. The van der Waals surface area contributed by atoms with Gasteiger partial charge in [0.25, 0.3) is 11.7 Å². The minimum absolute atomic E-state index is 0.0820. The molecule has 2 heterocycles. The molecule has 1 aromatic carbocycles. The molecule has 2 aliphatic rings. The number of halogens is 2. The van der Waals surface area contributed by atoms with Crippen molar-refractivity contribution in [1.82, 2.24) is 4.90 Å². The van der Waals surface area contributed by atoms with Crippen LogP contribution in [0.15, 0.2) is 29.2 Å². The normalized spacial score (nSPS) is 20.8. The van der Waals surface area contributed by atoms with Gasteiger partial charge in [0.05, 0.1) is 13.2 Å². The average molecular weight is 329 g/mol. The SMILES string of the molecule is O=C(c1ccc(SC(F)F)cc1)N1CCC2(CC1)OCCO2. The van der Waals surface area contributed by atoms with Crippen LogP contribution in [0.1, 0.15) is 23.2 Å². The molecule has 0 radical (unpaired) electrons. The number of amides is 1. The maximum absolute atomic E-state index is 12.4. The minimum atomic E-state index is -2.45. The van der Waals surface area contributed by atoms with Gasteiger partial charge >= 0.3 is 0 Å². The maximum atomic E-state index is 12.4. The number of ether oxygens (including phenoxy) is 2. The van der Waals surface area contributed by atoms with E-state index in [-0.39, 0.29) is 5.91 Å². The summed E-state index contributed by atoms with van der Waals surface area (Å²) in [6, 6.07) is 6.30. The van der Waals surface area contributed by atoms with Crippen LogP contribution in [-0.4, -0.2) is 48.7 Å². The lowest BCUT2D eigenvalue weighted by molar-refractivity contribution is -0.181. The lowest BCUT2D eigenvalue weighted by atomic mass is 10.0. The monoisotopic (exact) mass is 329 g/mol. The number of hydrogen-bond acceptors (Lipinski definition) is 4. The molecule has 1 aromatic rings. The fraction of sp³-hybridized carbons (Fsp3) is 0.533. The van der Waals surface area contributed by atoms with E-state index < -0.39 is 11.5 Å². The minimum Gasteiger partial charge on any atom is -0.347 e. The summed E-state index contributed by atoms with van der Waals surface area (Å²) in [5, 5.41) is 0. The topological polar surface area (TPSA) is 38.8 Å². The standard InChI is InChI=1S/C15H17F2NO3S/c16-14(17)22-12-3-1-11(2-4-12)13(19)18-7-5-15(6-8-18)20-9-10-21-15/h1-4,14H,5-10H2. The summed E-state index contributed by atoms with van der Waals surface area (Å²) in [6.07, 6.45) is 1.33. The van der Waals surface area contributed by atoms with Crippen molar-refractivity contribution in [3.63, 3.8) is 0 Å². The van der Waals surface area contributed by atoms with Crippen molar-refractivity contribution in [2.24, 2.45) is 0 Å². The number of rotatable bonds is 3. The van der Waals surface area contributed by atoms with Crippen LogP contribution in [0.5, 0.6) is 0 Å². The second-order valence-corrected chi connectivity index (χ2v) is 6.37. The first-order chi connectivity index (χ1) is 10.6. The maximum Gasteiger partial charge on any atom is 0.288 e. The van der Waals surface area contributed by atoms with Gasteiger partial charge in [-0.2, -0.15) is 8.78 Å². The van der Waals surface area contributed by atoms with Gasteiger partial charge in [0, 0.05) is 36.4 Å². The van der Waals surface area contributed by atoms with Gasteiger partial charge in [-0.1, -0.05) is 11.8 Å². The molecule has 2 saturated heterocycles. The van der Waals surface area contributed by atoms with Gasteiger partial charge in [-0.05, 0) is 24.3 Å². The molecule has 22 heavy (non-hydrogen) atoms. The predicted molar refractivity (Wildman–Crippen MR) is 78.1 cm³/mol. The summed E-state index contributed by atoms with van der Waals surface area (Å²) >= 11 is 0.476. The number of carbonyl (C=O) groups excluding carboxylic acids is 1. The summed E-state index contributed by atoms with van der Waals surface area (Å²) in [4.78, 5) is 14.6. The van der Waals surface area contributed by atoms with Crippen LogP contribution in [-0.2, 0) is 9.47 Å². The highest BCUT2D eigenvalue weighted by molar-refractivity contribution is 7.99. The first-order valence-corrected chi connectivity index (χ1v) is 8.08. The first-order valence-electron chi connectivity index (χ1n) is 7.20. The molecule has 0 bridgehead atoms. The highest BCUT2D eigenvalue weighted by Gasteiger charge is 2.40. The number of thioether (sulfide) groups is 1. The number of likely N-dealkylation sites (tertiary alicyclic amines) is 1. The summed E-state index contributed by atoms with van der Waals surface area (Å²) in [7, 11) is 0. The Morgan fingerprint density at radius 3 is 2.27 bits per heavy atom. The number of benzene rings is 1. The molecule has 0 aromatic heterocycles. The van der Waals surface area contributed by atoms with Gasteiger partial charge in [-0.15, -0.1) is 0 Å². The van der Waals surface area contributed by atoms with Crippen molar-refractivity contribution in [1.29, 1.82) is 0 Å². The van der Waals surface area contributed by atoms with Gasteiger partial charge < -0.3 is 14.4 Å². The highest BCUT2D eigenvalue weighted by atomic mass is 32.2. The number of piperidine rings is 1. The fourth-order valence-electron chi connectivity index (χ4n) is 2.80. The van der Waals surface area contributed by atoms with Crippen LogP contribution in [0, 0.1) is 0 Å². The largest absolute Gasteiger partial charge is 0.347 e. The van der Waals surface area contributed by atoms with E-state index in [1.807, 2.05) is 0 Å². The van der Waals surface area contributed by atoms with Crippen molar-refractivity contribution in [3.05, 3.63) is 29.8 Å². The molecular weight excluding hydrogens is 312 g/mol. The van der Waals surface area contributed by atoms with E-state index in [4.69, 9.17) is 9.47 Å². The van der Waals surface area contributed by atoms with Gasteiger partial charge in [0.2, 0.25) is 0 Å². The molecule has 1 spiro atoms. The average Bonchev–Trinajstić information content (AvgIpc) is 2.96. The van der Waals surface area contributed by atoms with E-state index in [2.05, 4.69) is 0 Å². The molecule has 120 valence electrons. The molecule has 0 unspecified atom stereocenters. The second-order valence-electron chi connectivity index (χ2n) is 5.30. The number of carbonyl (C=O) groups is 1. The molecule has 4 nitrogen and oxygen atoms in total. The van der Waals surface area contributed by atoms with E-state index in [1.54, 1.807) is 29.2 Å². The number of nitrogens with zero attached hydrogens (tertiary/aromatic N) is 1. The highest BCUT2D eigenvalue weighted by Crippen LogP contribution is 2.32. The molecule has 0 aliphatic carbocycles. The molecule has 3 rings (SSSR count). The van der Waals surface area contributed by atoms with E-state index in [9.17, 15) is 13.6 Å². The third-order valence-electron chi connectivity index (χ3n) is 3.95. The third-order valence-corrected chi connectivity index (χ3v) is 4.67. The van der Waals surface area contributed by atoms with Gasteiger partial charge in [0.1, 0.15) is 0 Å². The van der Waals surface area contributed by atoms with Crippen LogP contribution < -0.4 is 0 Å². The van der Waals surface area contributed by atoms with Crippen molar-refractivity contribution >= 4 is 17.7 Å². The Labute approximate surface area is 131 Å². The van der Waals surface area contributed by atoms with Gasteiger partial charge in [-0.25, -0.2) is 0 Å². The Kier molecular flexibility index (Phi) is 4.65. The fourth-order valence-corrected chi connectivity index (χ4v) is 3.30. The zero-order valence-corrected chi connectivity index (χ0v) is 12.8. The van der Waals surface area contributed by atoms with Crippen LogP contribution in [0.25, 0.3) is 0 Å². The Morgan fingerprint density at radius 2 is 1.73 bits per heavy atom. The lowest BCUT2D eigenvalue weighted by Gasteiger charge is -2.37. The molecule has 2 aliphatic heterocycles. The van der Waals surface area contributed by atoms with Crippen LogP contribution >= 0.6 is 11.8 Å². The Morgan fingerprint density at radius 1 is 1.14 bits per heavy atom. The molecular formula is C15H17F2NO3S. The van der Waals surface area contributed by atoms with E-state index in [1.165, 1.54) is 0 Å². The summed E-state index contributed by atoms with van der Waals surface area (Å²) in [6.45, 7) is 2.37. The van der Waals surface area contributed by atoms with Gasteiger partial charge in [0.15, 0.2) is 5.79 Å². The van der Waals surface area contributed by atoms with Crippen molar-refractivity contribution in [3.8, 4) is 0 Å². The zero-order valence-electron chi connectivity index (χ0n) is 12.0. The van der Waals surface area contributed by atoms with Crippen molar-refractivity contribution in [2.75, 3.05) is 26.3 Å². The Hall–Kier alpha value is -1.18. The summed E-state index contributed by atoms with van der Waals surface area (Å²) in [5.74, 6) is -3.04. The third kappa shape index (κ3) is 3.42. The quantitative estimate of drug-likeness (QED) is 0.799. The first kappa shape index (κ1) is 15.7. The van der Waals surface area contributed by atoms with Crippen LogP contribution in [0.4, 0.5) is 8.78 Å². The number of alkyl halides is 2. The summed E-state index contributed by atoms with van der Waals surface area (Å²) < 4.78 is 35.8. The lowest BCUT2D eigenvalue weighted by Crippen LogP contribution is -2.47. The molecule has 0 N–H and O–H groups in total. The second kappa shape index (κ2) is 6.52. The van der Waals surface area contributed by atoms with Crippen molar-refractivity contribution in [2.45, 2.75) is 29.3 Å². The summed E-state index contributed by atoms with van der Waals surface area (Å²) in [5.41, 5.74) is 0.517. The van der Waals surface area contributed by atoms with E-state index in [0.29, 0.717) is 61.4 Å². The Bertz CT molecular complexity index is 522. The van der Waals surface area contributed by atoms with Crippen LogP contribution in [0.3, 0.4) is 0 Å². The smallest absolute Gasteiger partial charge is 0.288 e. The van der Waals surface area contributed by atoms with E-state index in [0.717, 1.165) is 0 Å². The van der Waals surface area contributed by atoms with Crippen LogP contribution in [0.2, 0.25) is 0 Å².